The molecule has 0 aliphatic carbocycles. The van der Waals surface area contributed by atoms with E-state index in [4.69, 9.17) is 4.74 Å². The lowest BCUT2D eigenvalue weighted by atomic mass is 10.0. The van der Waals surface area contributed by atoms with Gasteiger partial charge in [-0.1, -0.05) is 19.1 Å². The highest BCUT2D eigenvalue weighted by Crippen LogP contribution is 2.22. The summed E-state index contributed by atoms with van der Waals surface area (Å²) in [5.41, 5.74) is 1.92. The van der Waals surface area contributed by atoms with E-state index in [-0.39, 0.29) is 11.8 Å². The minimum Gasteiger partial charge on any atom is -0.497 e. The average Bonchev–Trinajstić information content (AvgIpc) is 2.88. The summed E-state index contributed by atoms with van der Waals surface area (Å²) < 4.78 is 7.00. The molecule has 100 valence electrons. The van der Waals surface area contributed by atoms with Gasteiger partial charge in [0.1, 0.15) is 11.8 Å². The van der Waals surface area contributed by atoms with Crippen molar-refractivity contribution in [1.29, 1.82) is 0 Å². The van der Waals surface area contributed by atoms with Crippen LogP contribution in [0.4, 0.5) is 0 Å². The Hall–Kier alpha value is -2.10. The summed E-state index contributed by atoms with van der Waals surface area (Å²) in [6.45, 7) is 3.64. The average molecular weight is 258 g/mol. The minimum atomic E-state index is -0.321. The Bertz CT molecular complexity index is 558. The molecule has 2 rings (SSSR count). The molecule has 2 aromatic rings. The molecule has 1 aromatic heterocycles. The van der Waals surface area contributed by atoms with Crippen molar-refractivity contribution in [2.45, 2.75) is 26.3 Å². The van der Waals surface area contributed by atoms with E-state index in [1.54, 1.807) is 20.4 Å². The third-order valence-electron chi connectivity index (χ3n) is 3.13. The Balaban J connectivity index is 2.36. The number of carbonyl (C=O) groups excluding carboxylic acids is 1. The van der Waals surface area contributed by atoms with Gasteiger partial charge in [-0.3, -0.25) is 4.79 Å². The number of hydrogen-bond acceptors (Lipinski definition) is 3. The van der Waals surface area contributed by atoms with Gasteiger partial charge in [0.05, 0.1) is 19.1 Å². The number of hydrogen-bond donors (Lipinski definition) is 0. The van der Waals surface area contributed by atoms with Crippen LogP contribution in [0, 0.1) is 0 Å². The Morgan fingerprint density at radius 1 is 1.37 bits per heavy atom. The third kappa shape index (κ3) is 2.84. The highest BCUT2D eigenvalue weighted by molar-refractivity contribution is 5.83. The number of nitrogens with zero attached hydrogens (tertiary/aromatic N) is 2. The summed E-state index contributed by atoms with van der Waals surface area (Å²) in [5, 5.41) is 0. The predicted molar refractivity (Wildman–Crippen MR) is 73.4 cm³/mol. The van der Waals surface area contributed by atoms with E-state index in [9.17, 15) is 4.79 Å². The van der Waals surface area contributed by atoms with Gasteiger partial charge in [0.15, 0.2) is 5.78 Å². The van der Waals surface area contributed by atoms with Crippen molar-refractivity contribution in [2.24, 2.45) is 0 Å². The van der Waals surface area contributed by atoms with Crippen molar-refractivity contribution in [3.05, 3.63) is 48.0 Å². The van der Waals surface area contributed by atoms with Crippen LogP contribution in [0.5, 0.6) is 5.75 Å². The maximum atomic E-state index is 11.9. The van der Waals surface area contributed by atoms with E-state index in [0.29, 0.717) is 0 Å². The molecule has 0 saturated heterocycles. The molecule has 1 unspecified atom stereocenters. The zero-order valence-electron chi connectivity index (χ0n) is 11.5. The van der Waals surface area contributed by atoms with Gasteiger partial charge < -0.3 is 9.30 Å². The summed E-state index contributed by atoms with van der Waals surface area (Å²) in [5.74, 6) is 0.871. The lowest BCUT2D eigenvalue weighted by Gasteiger charge is -2.16. The van der Waals surface area contributed by atoms with Gasteiger partial charge in [0, 0.05) is 6.20 Å². The van der Waals surface area contributed by atoms with E-state index in [1.165, 1.54) is 0 Å². The molecule has 0 bridgehead atoms. The highest BCUT2D eigenvalue weighted by atomic mass is 16.5. The molecule has 0 aliphatic rings. The Morgan fingerprint density at radius 3 is 2.53 bits per heavy atom. The van der Waals surface area contributed by atoms with E-state index < -0.39 is 0 Å². The lowest BCUT2D eigenvalue weighted by molar-refractivity contribution is -0.119. The van der Waals surface area contributed by atoms with Gasteiger partial charge in [0.25, 0.3) is 0 Å². The number of ether oxygens (including phenoxy) is 1. The second-order valence-electron chi connectivity index (χ2n) is 4.45. The fourth-order valence-corrected chi connectivity index (χ4v) is 2.11. The first-order valence-electron chi connectivity index (χ1n) is 6.32. The topological polar surface area (TPSA) is 44.1 Å². The van der Waals surface area contributed by atoms with Crippen LogP contribution >= 0.6 is 0 Å². The van der Waals surface area contributed by atoms with Crippen LogP contribution in [0.2, 0.25) is 0 Å². The summed E-state index contributed by atoms with van der Waals surface area (Å²) in [6, 6.07) is 7.23. The van der Waals surface area contributed by atoms with E-state index in [0.717, 1.165) is 23.4 Å². The monoisotopic (exact) mass is 258 g/mol. The normalized spacial score (nSPS) is 12.2. The van der Waals surface area contributed by atoms with Crippen LogP contribution in [0.1, 0.15) is 31.1 Å². The summed E-state index contributed by atoms with van der Waals surface area (Å²) in [7, 11) is 1.63. The van der Waals surface area contributed by atoms with Crippen molar-refractivity contribution < 1.29 is 9.53 Å². The maximum Gasteiger partial charge on any atom is 0.157 e. The van der Waals surface area contributed by atoms with Gasteiger partial charge in [0.2, 0.25) is 0 Å². The van der Waals surface area contributed by atoms with Crippen LogP contribution in [0.3, 0.4) is 0 Å². The van der Waals surface area contributed by atoms with Crippen LogP contribution in [0.25, 0.3) is 0 Å². The Labute approximate surface area is 113 Å². The first-order chi connectivity index (χ1) is 9.15. The van der Waals surface area contributed by atoms with Crippen molar-refractivity contribution >= 4 is 5.78 Å². The fourth-order valence-electron chi connectivity index (χ4n) is 2.11. The highest BCUT2D eigenvalue weighted by Gasteiger charge is 2.18. The zero-order valence-corrected chi connectivity index (χ0v) is 11.5. The van der Waals surface area contributed by atoms with Crippen molar-refractivity contribution in [3.8, 4) is 5.75 Å². The summed E-state index contributed by atoms with van der Waals surface area (Å²) in [4.78, 5) is 16.2. The number of carbonyl (C=O) groups is 1. The van der Waals surface area contributed by atoms with Gasteiger partial charge >= 0.3 is 0 Å². The quantitative estimate of drug-likeness (QED) is 0.828. The smallest absolute Gasteiger partial charge is 0.157 e. The Morgan fingerprint density at radius 2 is 2.05 bits per heavy atom. The molecule has 4 nitrogen and oxygen atoms in total. The van der Waals surface area contributed by atoms with E-state index in [1.807, 2.05) is 42.0 Å². The maximum absolute atomic E-state index is 11.9. The number of Topliss-reactive ketones (excluding diaryl/α,β-unsaturated/α-hetero) is 1. The molecule has 0 spiro atoms. The number of methoxy groups -OCH3 is 1. The molecule has 0 saturated carbocycles. The number of imidazole rings is 1. The third-order valence-corrected chi connectivity index (χ3v) is 3.13. The largest absolute Gasteiger partial charge is 0.497 e. The van der Waals surface area contributed by atoms with Crippen LogP contribution in [0.15, 0.2) is 36.8 Å². The minimum absolute atomic E-state index is 0.0882. The molecule has 4 heteroatoms. The number of benzene rings is 1. The SMILES string of the molecule is CCc1cn(C(C(C)=O)c2ccc(OC)cc2)cn1. The van der Waals surface area contributed by atoms with Gasteiger partial charge in [-0.2, -0.15) is 0 Å². The zero-order chi connectivity index (χ0) is 13.8. The molecule has 0 radical (unpaired) electrons. The van der Waals surface area contributed by atoms with Crippen molar-refractivity contribution in [1.82, 2.24) is 9.55 Å². The lowest BCUT2D eigenvalue weighted by Crippen LogP contribution is -2.17. The number of ketones is 1. The van der Waals surface area contributed by atoms with Crippen LogP contribution < -0.4 is 4.74 Å². The predicted octanol–water partition coefficient (Wildman–Crippen LogP) is 2.63. The number of aryl methyl sites for hydroxylation is 1. The fraction of sp³-hybridized carbons (Fsp3) is 0.333. The first kappa shape index (κ1) is 13.3. The molecule has 1 heterocycles. The second kappa shape index (κ2) is 5.69. The van der Waals surface area contributed by atoms with Gasteiger partial charge in [-0.25, -0.2) is 4.98 Å². The molecule has 0 N–H and O–H groups in total. The molecule has 0 aliphatic heterocycles. The Kier molecular flexibility index (Phi) is 4.00. The first-order valence-corrected chi connectivity index (χ1v) is 6.32. The molecule has 0 fully saturated rings. The van der Waals surface area contributed by atoms with Gasteiger partial charge in [-0.05, 0) is 31.0 Å². The standard InChI is InChI=1S/C15H18N2O2/c1-4-13-9-17(10-16-13)15(11(2)18)12-5-7-14(19-3)8-6-12/h5-10,15H,4H2,1-3H3. The second-order valence-corrected chi connectivity index (χ2v) is 4.45. The van der Waals surface area contributed by atoms with Crippen LogP contribution in [-0.2, 0) is 11.2 Å². The van der Waals surface area contributed by atoms with E-state index in [2.05, 4.69) is 4.98 Å². The molecule has 19 heavy (non-hydrogen) atoms. The molecule has 1 aromatic carbocycles. The number of aromatic nitrogens is 2. The molecular weight excluding hydrogens is 240 g/mol. The molecule has 0 amide bonds. The van der Waals surface area contributed by atoms with Gasteiger partial charge in [-0.15, -0.1) is 0 Å². The summed E-state index contributed by atoms with van der Waals surface area (Å²) >= 11 is 0. The van der Waals surface area contributed by atoms with Crippen molar-refractivity contribution in [3.63, 3.8) is 0 Å². The summed E-state index contributed by atoms with van der Waals surface area (Å²) in [6.07, 6.45) is 4.51. The van der Waals surface area contributed by atoms with Crippen LogP contribution in [-0.4, -0.2) is 22.4 Å². The molecule has 1 atom stereocenters. The number of rotatable bonds is 5. The molecular formula is C15H18N2O2. The van der Waals surface area contributed by atoms with Crippen molar-refractivity contribution in [2.75, 3.05) is 7.11 Å². The van der Waals surface area contributed by atoms with E-state index >= 15 is 0 Å².